The van der Waals surface area contributed by atoms with Crippen LogP contribution in [0.2, 0.25) is 0 Å². The molecule has 1 amide bonds. The van der Waals surface area contributed by atoms with E-state index in [4.69, 9.17) is 5.73 Å². The average molecular weight is 503 g/mol. The highest BCUT2D eigenvalue weighted by Gasteiger charge is 2.53. The third kappa shape index (κ3) is 4.27. The number of anilines is 1. The Morgan fingerprint density at radius 3 is 2.40 bits per heavy atom. The summed E-state index contributed by atoms with van der Waals surface area (Å²) in [6.45, 7) is 2.74. The van der Waals surface area contributed by atoms with Crippen molar-refractivity contribution in [3.8, 4) is 0 Å². The molecule has 2 unspecified atom stereocenters. The number of nitrogens with zero attached hydrogens (tertiary/aromatic N) is 2. The number of benzene rings is 2. The number of nitrogens with two attached hydrogens (primary N) is 1. The summed E-state index contributed by atoms with van der Waals surface area (Å²) in [5.74, 6) is -3.62. The Bertz CT molecular complexity index is 1460. The normalized spacial score (nSPS) is 23.4. The quantitative estimate of drug-likeness (QED) is 0.565. The van der Waals surface area contributed by atoms with Crippen LogP contribution in [0, 0.1) is 17.5 Å². The summed E-state index contributed by atoms with van der Waals surface area (Å²) in [5, 5.41) is 2.52. The minimum atomic E-state index is -4.12. The Morgan fingerprint density at radius 2 is 1.77 bits per heavy atom. The number of nitrogens with one attached hydrogen (secondary N) is 1. The molecule has 182 valence electrons. The van der Waals surface area contributed by atoms with E-state index in [2.05, 4.69) is 15.3 Å². The van der Waals surface area contributed by atoms with Crippen molar-refractivity contribution in [3.63, 3.8) is 0 Å². The average Bonchev–Trinajstić information content (AvgIpc) is 2.78. The van der Waals surface area contributed by atoms with E-state index < -0.39 is 49.2 Å². The Morgan fingerprint density at radius 1 is 1.03 bits per heavy atom. The fourth-order valence-corrected chi connectivity index (χ4v) is 6.15. The summed E-state index contributed by atoms with van der Waals surface area (Å²) >= 11 is 0. The second-order valence-corrected chi connectivity index (χ2v) is 10.9. The smallest absolute Gasteiger partial charge is 0.274 e. The Labute approximate surface area is 199 Å². The van der Waals surface area contributed by atoms with Crippen LogP contribution < -0.4 is 11.1 Å². The number of amides is 1. The molecule has 0 aliphatic carbocycles. The highest BCUT2D eigenvalue weighted by Crippen LogP contribution is 2.43. The first kappa shape index (κ1) is 24.4. The molecule has 2 atom stereocenters. The first-order valence-corrected chi connectivity index (χ1v) is 12.1. The van der Waals surface area contributed by atoms with Crippen molar-refractivity contribution in [2.24, 2.45) is 10.7 Å². The predicted octanol–water partition coefficient (Wildman–Crippen LogP) is 3.67. The maximum atomic E-state index is 14.9. The lowest BCUT2D eigenvalue weighted by Crippen LogP contribution is -2.54. The van der Waals surface area contributed by atoms with Crippen LogP contribution in [0.1, 0.15) is 35.5 Å². The summed E-state index contributed by atoms with van der Waals surface area (Å²) in [7, 11) is -4.12. The van der Waals surface area contributed by atoms with Gasteiger partial charge in [0.25, 0.3) is 5.91 Å². The van der Waals surface area contributed by atoms with E-state index in [-0.39, 0.29) is 28.3 Å². The minimum absolute atomic E-state index is 0.0724. The number of carbonyl (C=O) groups is 1. The molecule has 0 fully saturated rings. The monoisotopic (exact) mass is 502 g/mol. The van der Waals surface area contributed by atoms with E-state index >= 15 is 0 Å². The highest BCUT2D eigenvalue weighted by molar-refractivity contribution is 7.93. The maximum absolute atomic E-state index is 14.9. The molecule has 11 heteroatoms. The first-order chi connectivity index (χ1) is 16.4. The van der Waals surface area contributed by atoms with Crippen molar-refractivity contribution in [2.75, 3.05) is 11.1 Å². The lowest BCUT2D eigenvalue weighted by atomic mass is 9.91. The van der Waals surface area contributed by atoms with Crippen molar-refractivity contribution in [1.82, 2.24) is 4.98 Å². The lowest BCUT2D eigenvalue weighted by Gasteiger charge is -2.40. The highest BCUT2D eigenvalue weighted by atomic mass is 32.2. The molecular weight excluding hydrogens is 481 g/mol. The SMILES string of the molecule is CC1(c2cc(NC(=O)c3ccc(F)cn3)ccc2F)CS(=O)(=O)C(C)(c2cccc(F)c2)C(N)=N1. The molecule has 3 N–H and O–H groups in total. The van der Waals surface area contributed by atoms with E-state index in [9.17, 15) is 26.4 Å². The maximum Gasteiger partial charge on any atom is 0.274 e. The van der Waals surface area contributed by atoms with E-state index in [0.717, 1.165) is 24.4 Å². The number of hydrogen-bond donors (Lipinski definition) is 2. The Hall–Kier alpha value is -3.73. The molecule has 0 saturated carbocycles. The van der Waals surface area contributed by atoms with Crippen LogP contribution >= 0.6 is 0 Å². The predicted molar refractivity (Wildman–Crippen MR) is 125 cm³/mol. The largest absolute Gasteiger partial charge is 0.386 e. The number of rotatable bonds is 4. The van der Waals surface area contributed by atoms with Gasteiger partial charge in [-0.15, -0.1) is 0 Å². The molecule has 0 radical (unpaired) electrons. The molecule has 1 aliphatic heterocycles. The summed E-state index contributed by atoms with van der Waals surface area (Å²) in [5.41, 5.74) is 4.59. The van der Waals surface area contributed by atoms with E-state index in [1.165, 1.54) is 50.2 Å². The minimum Gasteiger partial charge on any atom is -0.386 e. The molecule has 4 rings (SSSR count). The first-order valence-electron chi connectivity index (χ1n) is 10.4. The molecular formula is C24H21F3N4O3S. The van der Waals surface area contributed by atoms with Gasteiger partial charge in [0.2, 0.25) is 0 Å². The molecule has 0 spiro atoms. The van der Waals surface area contributed by atoms with Gasteiger partial charge < -0.3 is 11.1 Å². The number of pyridine rings is 1. The zero-order chi connectivity index (χ0) is 25.6. The van der Waals surface area contributed by atoms with Crippen LogP contribution in [0.4, 0.5) is 18.9 Å². The van der Waals surface area contributed by atoms with Gasteiger partial charge in [-0.2, -0.15) is 0 Å². The fraction of sp³-hybridized carbons (Fsp3) is 0.208. The number of amidine groups is 1. The van der Waals surface area contributed by atoms with Crippen LogP contribution in [0.15, 0.2) is 65.8 Å². The standard InChI is InChI=1S/C24H21F3N4O3S/c1-23(13-35(33,34)24(2,22(28)31-23)14-4-3-5-15(25)10-14)18-11-17(7-8-19(18)27)30-21(32)20-9-6-16(26)12-29-20/h3-12H,13H2,1-2H3,(H2,28,31)(H,30,32). The van der Waals surface area contributed by atoms with Crippen LogP contribution in [0.5, 0.6) is 0 Å². The Balaban J connectivity index is 1.74. The molecule has 2 heterocycles. The molecule has 7 nitrogen and oxygen atoms in total. The van der Waals surface area contributed by atoms with Crippen LogP contribution in [0.25, 0.3) is 0 Å². The van der Waals surface area contributed by atoms with E-state index in [1.54, 1.807) is 0 Å². The summed E-state index contributed by atoms with van der Waals surface area (Å²) in [6.07, 6.45) is 0.881. The molecule has 3 aromatic rings. The Kier molecular flexibility index (Phi) is 5.92. The topological polar surface area (TPSA) is 115 Å². The number of halogens is 3. The van der Waals surface area contributed by atoms with Gasteiger partial charge in [-0.05, 0) is 61.9 Å². The fourth-order valence-electron chi connectivity index (χ4n) is 4.05. The van der Waals surface area contributed by atoms with Gasteiger partial charge in [-0.1, -0.05) is 12.1 Å². The molecule has 1 aromatic heterocycles. The van der Waals surface area contributed by atoms with Gasteiger partial charge in [0.05, 0.1) is 11.9 Å². The van der Waals surface area contributed by atoms with Crippen molar-refractivity contribution in [3.05, 3.63) is 95.1 Å². The molecule has 35 heavy (non-hydrogen) atoms. The number of aromatic nitrogens is 1. The van der Waals surface area contributed by atoms with E-state index in [1.807, 2.05) is 0 Å². The third-order valence-electron chi connectivity index (χ3n) is 6.09. The van der Waals surface area contributed by atoms with Crippen molar-refractivity contribution >= 4 is 27.3 Å². The van der Waals surface area contributed by atoms with Crippen LogP contribution in [0.3, 0.4) is 0 Å². The van der Waals surface area contributed by atoms with Crippen LogP contribution in [-0.4, -0.2) is 30.9 Å². The summed E-state index contributed by atoms with van der Waals surface area (Å²) in [6, 6.07) is 10.9. The van der Waals surface area contributed by atoms with Crippen LogP contribution in [-0.2, 0) is 20.1 Å². The number of hydrogen-bond acceptors (Lipinski definition) is 6. The van der Waals surface area contributed by atoms with Gasteiger partial charge in [-0.3, -0.25) is 9.79 Å². The van der Waals surface area contributed by atoms with Gasteiger partial charge in [0.1, 0.15) is 34.5 Å². The second kappa shape index (κ2) is 8.49. The second-order valence-electron chi connectivity index (χ2n) is 8.58. The van der Waals surface area contributed by atoms with E-state index in [0.29, 0.717) is 0 Å². The summed E-state index contributed by atoms with van der Waals surface area (Å²) in [4.78, 5) is 20.5. The van der Waals surface area contributed by atoms with Gasteiger partial charge in [0, 0.05) is 11.3 Å². The van der Waals surface area contributed by atoms with Gasteiger partial charge >= 0.3 is 0 Å². The van der Waals surface area contributed by atoms with Crippen molar-refractivity contribution in [2.45, 2.75) is 24.1 Å². The zero-order valence-corrected chi connectivity index (χ0v) is 19.5. The third-order valence-corrected chi connectivity index (χ3v) is 8.72. The number of sulfone groups is 1. The number of aliphatic imine (C=N–C) groups is 1. The van der Waals surface area contributed by atoms with Gasteiger partial charge in [-0.25, -0.2) is 26.6 Å². The summed E-state index contributed by atoms with van der Waals surface area (Å²) < 4.78 is 67.0. The van der Waals surface area contributed by atoms with Crippen molar-refractivity contribution < 1.29 is 26.4 Å². The molecule has 2 aromatic carbocycles. The van der Waals surface area contributed by atoms with Gasteiger partial charge in [0.15, 0.2) is 14.6 Å². The molecule has 1 aliphatic rings. The lowest BCUT2D eigenvalue weighted by molar-refractivity contribution is 0.102. The molecule has 0 saturated heterocycles. The van der Waals surface area contributed by atoms with Crippen molar-refractivity contribution in [1.29, 1.82) is 0 Å². The number of carbonyl (C=O) groups excluding carboxylic acids is 1. The zero-order valence-electron chi connectivity index (χ0n) is 18.7. The molecule has 0 bridgehead atoms.